The van der Waals surface area contributed by atoms with Gasteiger partial charge in [0.1, 0.15) is 4.21 Å². The largest absolute Gasteiger partial charge is 0.478 e. The van der Waals surface area contributed by atoms with Crippen molar-refractivity contribution in [2.75, 3.05) is 7.05 Å². The molecule has 0 aliphatic rings. The van der Waals surface area contributed by atoms with Crippen LogP contribution in [0.15, 0.2) is 70.2 Å². The Morgan fingerprint density at radius 1 is 1.19 bits per heavy atom. The molecule has 0 bridgehead atoms. The Morgan fingerprint density at radius 2 is 1.84 bits per heavy atom. The Kier molecular flexibility index (Phi) is 7.63. The molecule has 3 aromatic heterocycles. The fraction of sp³-hybridized carbons (Fsp3) is 0.100. The van der Waals surface area contributed by atoms with Gasteiger partial charge in [0, 0.05) is 56.0 Å². The van der Waals surface area contributed by atoms with Gasteiger partial charge in [-0.25, -0.2) is 23.0 Å². The van der Waals surface area contributed by atoms with Crippen LogP contribution in [-0.4, -0.2) is 47.6 Å². The lowest BCUT2D eigenvalue weighted by atomic mass is 10.1. The van der Waals surface area contributed by atoms with Crippen molar-refractivity contribution in [1.29, 1.82) is 0 Å². The lowest BCUT2D eigenvalue weighted by Crippen LogP contribution is -2.03. The van der Waals surface area contributed by atoms with Crippen LogP contribution in [-0.2, 0) is 25.9 Å². The van der Waals surface area contributed by atoms with Crippen molar-refractivity contribution in [2.45, 2.75) is 15.6 Å². The first kappa shape index (κ1) is 21.7. The van der Waals surface area contributed by atoms with Gasteiger partial charge in [0.05, 0.1) is 4.90 Å². The molecule has 0 fully saturated rings. The van der Waals surface area contributed by atoms with Crippen molar-refractivity contribution in [3.8, 4) is 11.1 Å². The van der Waals surface area contributed by atoms with Crippen molar-refractivity contribution in [3.05, 3.63) is 71.9 Å². The van der Waals surface area contributed by atoms with E-state index in [1.54, 1.807) is 0 Å². The Morgan fingerprint density at radius 3 is 2.38 bits per heavy atom. The first-order valence-corrected chi connectivity index (χ1v) is 10.9. The molecule has 0 spiro atoms. The Hall–Kier alpha value is -3.48. The van der Waals surface area contributed by atoms with E-state index < -0.39 is 34.2 Å². The number of aliphatic carboxylic acids is 2. The van der Waals surface area contributed by atoms with E-state index in [1.807, 2.05) is 0 Å². The molecule has 3 N–H and O–H groups in total. The molecule has 32 heavy (non-hydrogen) atoms. The van der Waals surface area contributed by atoms with Crippen molar-refractivity contribution < 1.29 is 35.4 Å². The van der Waals surface area contributed by atoms with Gasteiger partial charge in [0.25, 0.3) is 0 Å². The number of nitrogens with zero attached hydrogens (tertiary/aromatic N) is 2. The lowest BCUT2D eigenvalue weighted by Gasteiger charge is -2.06. The maximum absolute atomic E-state index is 14.2. The summed E-state index contributed by atoms with van der Waals surface area (Å²) in [5.41, 5.74) is 0.0583. The fourth-order valence-electron chi connectivity index (χ4n) is 2.29. The minimum absolute atomic E-state index is 0.00984. The first-order chi connectivity index (χ1) is 15.9. The van der Waals surface area contributed by atoms with Gasteiger partial charge in [0.15, 0.2) is 0 Å². The highest BCUT2D eigenvalue weighted by Crippen LogP contribution is 2.38. The number of sulfone groups is 1. The summed E-state index contributed by atoms with van der Waals surface area (Å²) in [4.78, 5) is 26.6. The Balaban J connectivity index is 0.000000440. The Labute approximate surface area is 189 Å². The molecule has 0 saturated heterocycles. The fourth-order valence-corrected chi connectivity index (χ4v) is 5.22. The van der Waals surface area contributed by atoms with Gasteiger partial charge in [0.2, 0.25) is 15.8 Å². The number of rotatable bonds is 7. The summed E-state index contributed by atoms with van der Waals surface area (Å²) >= 11 is 0.749. The van der Waals surface area contributed by atoms with E-state index >= 15 is 0 Å². The quantitative estimate of drug-likeness (QED) is 0.342. The van der Waals surface area contributed by atoms with Crippen molar-refractivity contribution in [2.24, 2.45) is 0 Å². The van der Waals surface area contributed by atoms with Crippen molar-refractivity contribution in [3.63, 3.8) is 0 Å². The number of hydrogen-bond donors (Lipinski definition) is 3. The van der Waals surface area contributed by atoms with Crippen LogP contribution >= 0.6 is 11.3 Å². The zero-order valence-electron chi connectivity index (χ0n) is 18.4. The summed E-state index contributed by atoms with van der Waals surface area (Å²) in [6.45, 7) is -1.97. The second kappa shape index (κ2) is 11.2. The topological polar surface area (TPSA) is 147 Å². The van der Waals surface area contributed by atoms with E-state index in [9.17, 15) is 22.4 Å². The SMILES string of the molecule is O=C(O)C=CC(=O)O.[2H]C([2H])(NC)c1cc(-c2cccnc2F)c(S(=O)(=O)c2cccnc2)s1. The third-order valence-electron chi connectivity index (χ3n) is 3.55. The van der Waals surface area contributed by atoms with Crippen LogP contribution in [0.5, 0.6) is 0 Å². The van der Waals surface area contributed by atoms with Crippen molar-refractivity contribution in [1.82, 2.24) is 15.3 Å². The predicted octanol–water partition coefficient (Wildman–Crippen LogP) is 2.61. The molecule has 12 heteroatoms. The summed E-state index contributed by atoms with van der Waals surface area (Å²) in [5.74, 6) is -3.34. The van der Waals surface area contributed by atoms with Gasteiger partial charge in [-0.1, -0.05) is 0 Å². The minimum Gasteiger partial charge on any atom is -0.478 e. The lowest BCUT2D eigenvalue weighted by molar-refractivity contribution is -0.134. The second-order valence-electron chi connectivity index (χ2n) is 5.73. The third-order valence-corrected chi connectivity index (χ3v) is 6.88. The molecule has 0 atom stereocenters. The van der Waals surface area contributed by atoms with Crippen LogP contribution < -0.4 is 5.32 Å². The highest BCUT2D eigenvalue weighted by atomic mass is 32.2. The normalized spacial score (nSPS) is 12.4. The zero-order chi connectivity index (χ0) is 25.5. The molecule has 168 valence electrons. The summed E-state index contributed by atoms with van der Waals surface area (Å²) < 4.78 is 56.2. The van der Waals surface area contributed by atoms with Crippen LogP contribution in [0, 0.1) is 5.95 Å². The Bertz CT molecular complexity index is 1300. The number of carboxylic acid groups (broad SMARTS) is 2. The molecule has 0 saturated carbocycles. The molecule has 0 unspecified atom stereocenters. The van der Waals surface area contributed by atoms with Gasteiger partial charge in [-0.3, -0.25) is 4.98 Å². The number of hydrogen-bond acceptors (Lipinski definition) is 8. The number of nitrogens with one attached hydrogen (secondary N) is 1. The molecular weight excluding hydrogens is 461 g/mol. The average molecular weight is 482 g/mol. The number of pyridine rings is 2. The number of aromatic nitrogens is 2. The van der Waals surface area contributed by atoms with E-state index in [2.05, 4.69) is 15.3 Å². The van der Waals surface area contributed by atoms with Gasteiger partial charge < -0.3 is 15.5 Å². The molecular formula is C20H18FN3O6S2. The van der Waals surface area contributed by atoms with Crippen molar-refractivity contribution >= 4 is 33.1 Å². The molecule has 0 aliphatic carbocycles. The second-order valence-corrected chi connectivity index (χ2v) is 8.93. The molecule has 9 nitrogen and oxygen atoms in total. The van der Waals surface area contributed by atoms with E-state index in [1.165, 1.54) is 56.0 Å². The maximum atomic E-state index is 14.2. The van der Waals surface area contributed by atoms with E-state index in [0.717, 1.165) is 11.3 Å². The number of halogens is 1. The monoisotopic (exact) mass is 481 g/mol. The first-order valence-electron chi connectivity index (χ1n) is 9.63. The number of thiophene rings is 1. The third kappa shape index (κ3) is 6.51. The summed E-state index contributed by atoms with van der Waals surface area (Å²) in [5, 5.41) is 18.1. The standard InChI is InChI=1S/C16H14FN3O2S2.C4H4O4/c1-18-9-11-8-14(13-5-3-7-20-15(13)17)16(23-11)24(21,22)12-4-2-6-19-10-12;5-3(6)1-2-4(7)8/h2-8,10,18H,9H2,1H3;1-2H,(H,5,6)(H,7,8)/i9D2;. The molecule has 3 aromatic rings. The van der Waals surface area contributed by atoms with E-state index in [-0.39, 0.29) is 25.1 Å². The van der Waals surface area contributed by atoms with Gasteiger partial charge >= 0.3 is 11.9 Å². The summed E-state index contributed by atoms with van der Waals surface area (Å²) in [6, 6.07) is 7.11. The predicted molar refractivity (Wildman–Crippen MR) is 114 cm³/mol. The molecule has 0 aliphatic heterocycles. The average Bonchev–Trinajstić information content (AvgIpc) is 3.26. The van der Waals surface area contributed by atoms with Gasteiger partial charge in [-0.15, -0.1) is 11.3 Å². The zero-order valence-corrected chi connectivity index (χ0v) is 18.0. The minimum atomic E-state index is -4.02. The van der Waals surface area contributed by atoms with E-state index in [0.29, 0.717) is 12.2 Å². The molecule has 0 radical (unpaired) electrons. The van der Waals surface area contributed by atoms with Crippen LogP contribution in [0.3, 0.4) is 0 Å². The molecule has 3 rings (SSSR count). The van der Waals surface area contributed by atoms with Crippen LogP contribution in [0.1, 0.15) is 7.62 Å². The maximum Gasteiger partial charge on any atom is 0.328 e. The highest BCUT2D eigenvalue weighted by Gasteiger charge is 2.27. The van der Waals surface area contributed by atoms with Gasteiger partial charge in [-0.2, -0.15) is 4.39 Å². The summed E-state index contributed by atoms with van der Waals surface area (Å²) in [6.07, 6.45) is 5.02. The number of carbonyl (C=O) groups is 2. The van der Waals surface area contributed by atoms with Crippen LogP contribution in [0.2, 0.25) is 0 Å². The number of carboxylic acids is 2. The summed E-state index contributed by atoms with van der Waals surface area (Å²) in [7, 11) is -2.60. The van der Waals surface area contributed by atoms with Crippen LogP contribution in [0.4, 0.5) is 4.39 Å². The molecule has 0 amide bonds. The smallest absolute Gasteiger partial charge is 0.328 e. The van der Waals surface area contributed by atoms with E-state index in [4.69, 9.17) is 13.0 Å². The van der Waals surface area contributed by atoms with Crippen LogP contribution in [0.25, 0.3) is 11.1 Å². The van der Waals surface area contributed by atoms with Gasteiger partial charge in [-0.05, 0) is 37.4 Å². The molecule has 3 heterocycles. The molecule has 0 aromatic carbocycles. The highest BCUT2D eigenvalue weighted by molar-refractivity contribution is 7.93.